The molecule has 0 radical (unpaired) electrons. The third-order valence-electron chi connectivity index (χ3n) is 6.21. The maximum atomic E-state index is 15.8. The minimum Gasteiger partial charge on any atom is -0.366 e. The second-order valence-corrected chi connectivity index (χ2v) is 9.49. The minimum absolute atomic E-state index is 0.202. The van der Waals surface area contributed by atoms with Gasteiger partial charge in [-0.3, -0.25) is 4.98 Å². The number of piperazine rings is 1. The van der Waals surface area contributed by atoms with Crippen molar-refractivity contribution >= 4 is 61.3 Å². The second-order valence-electron chi connectivity index (χ2n) is 8.11. The molecule has 0 spiro atoms. The van der Waals surface area contributed by atoms with Crippen LogP contribution in [-0.2, 0) is 0 Å². The highest BCUT2D eigenvalue weighted by molar-refractivity contribution is 7.13. The van der Waals surface area contributed by atoms with E-state index in [1.807, 2.05) is 35.8 Å². The molecule has 156 valence electrons. The predicted octanol–water partition coefficient (Wildman–Crippen LogP) is 6.14. The second kappa shape index (κ2) is 7.19. The number of likely N-dealkylation sites (N-methyl/N-ethyl adjacent to an activating group) is 1. The van der Waals surface area contributed by atoms with Crippen molar-refractivity contribution in [3.05, 3.63) is 58.8 Å². The molecule has 5 aromatic rings. The Morgan fingerprint density at radius 2 is 1.90 bits per heavy atom. The molecular weight excluding hydrogens is 431 g/mol. The summed E-state index contributed by atoms with van der Waals surface area (Å²) in [7, 11) is 2.11. The first-order chi connectivity index (χ1) is 15.1. The molecule has 1 aliphatic heterocycles. The maximum Gasteiger partial charge on any atom is 0.147 e. The lowest BCUT2D eigenvalue weighted by Gasteiger charge is -2.35. The van der Waals surface area contributed by atoms with E-state index in [-0.39, 0.29) is 5.82 Å². The fourth-order valence-corrected chi connectivity index (χ4v) is 5.56. The van der Waals surface area contributed by atoms with Crippen LogP contribution in [-0.4, -0.2) is 48.1 Å². The molecule has 0 amide bonds. The van der Waals surface area contributed by atoms with Crippen molar-refractivity contribution in [3.8, 4) is 10.4 Å². The van der Waals surface area contributed by atoms with Gasteiger partial charge in [-0.2, -0.15) is 0 Å². The van der Waals surface area contributed by atoms with Gasteiger partial charge in [0.1, 0.15) is 5.82 Å². The van der Waals surface area contributed by atoms with E-state index in [0.717, 1.165) is 69.3 Å². The van der Waals surface area contributed by atoms with Crippen molar-refractivity contribution in [3.63, 3.8) is 0 Å². The third-order valence-corrected chi connectivity index (χ3v) is 7.33. The number of halogens is 2. The monoisotopic (exact) mass is 450 g/mol. The van der Waals surface area contributed by atoms with Crippen LogP contribution >= 0.6 is 22.9 Å². The summed E-state index contributed by atoms with van der Waals surface area (Å²) in [6, 6.07) is 11.5. The average molecular weight is 451 g/mol. The lowest BCUT2D eigenvalue weighted by atomic mass is 10.0. The number of rotatable bonds is 2. The van der Waals surface area contributed by atoms with Gasteiger partial charge in [0.25, 0.3) is 0 Å². The molecule has 0 saturated carbocycles. The Labute approximate surface area is 187 Å². The Morgan fingerprint density at radius 3 is 2.68 bits per heavy atom. The highest BCUT2D eigenvalue weighted by atomic mass is 35.5. The number of fused-ring (bicyclic) bond motifs is 5. The number of hydrogen-bond acceptors (Lipinski definition) is 4. The first-order valence-corrected chi connectivity index (χ1v) is 11.6. The summed E-state index contributed by atoms with van der Waals surface area (Å²) >= 11 is 7.82. The number of anilines is 1. The lowest BCUT2D eigenvalue weighted by molar-refractivity contribution is 0.312. The molecule has 2 aromatic carbocycles. The van der Waals surface area contributed by atoms with Crippen molar-refractivity contribution < 1.29 is 4.39 Å². The molecule has 1 fully saturated rings. The molecule has 1 saturated heterocycles. The normalized spacial score (nSPS) is 15.5. The van der Waals surface area contributed by atoms with Gasteiger partial charge in [-0.25, -0.2) is 4.39 Å². The van der Waals surface area contributed by atoms with Crippen molar-refractivity contribution in [1.29, 1.82) is 0 Å². The SMILES string of the molecule is CN1CCN(c2c(F)cc3c(ncc4c5ccc(Cl)cc5[nH]c34)c2-c2cccs2)CC1. The summed E-state index contributed by atoms with van der Waals surface area (Å²) < 4.78 is 15.8. The van der Waals surface area contributed by atoms with E-state index in [1.54, 1.807) is 17.4 Å². The van der Waals surface area contributed by atoms with E-state index in [0.29, 0.717) is 10.7 Å². The lowest BCUT2D eigenvalue weighted by Crippen LogP contribution is -2.45. The quantitative estimate of drug-likeness (QED) is 0.350. The molecule has 3 aromatic heterocycles. The van der Waals surface area contributed by atoms with Crippen molar-refractivity contribution in [2.24, 2.45) is 0 Å². The smallest absolute Gasteiger partial charge is 0.147 e. The Balaban J connectivity index is 1.68. The molecule has 0 bridgehead atoms. The van der Waals surface area contributed by atoms with Crippen LogP contribution in [0.25, 0.3) is 43.1 Å². The molecule has 4 heterocycles. The van der Waals surface area contributed by atoms with Crippen molar-refractivity contribution in [1.82, 2.24) is 14.9 Å². The van der Waals surface area contributed by atoms with Gasteiger partial charge in [0.2, 0.25) is 0 Å². The number of thiophene rings is 1. The van der Waals surface area contributed by atoms with Gasteiger partial charge in [0.05, 0.1) is 16.7 Å². The summed E-state index contributed by atoms with van der Waals surface area (Å²) in [5.41, 5.74) is 4.19. The van der Waals surface area contributed by atoms with Gasteiger partial charge in [0.15, 0.2) is 0 Å². The number of benzene rings is 2. The van der Waals surface area contributed by atoms with E-state index in [1.165, 1.54) is 0 Å². The highest BCUT2D eigenvalue weighted by Crippen LogP contribution is 2.43. The largest absolute Gasteiger partial charge is 0.366 e. The molecule has 0 aliphatic carbocycles. The molecule has 4 nitrogen and oxygen atoms in total. The molecule has 6 rings (SSSR count). The topological polar surface area (TPSA) is 35.2 Å². The van der Waals surface area contributed by atoms with E-state index in [4.69, 9.17) is 16.6 Å². The van der Waals surface area contributed by atoms with Gasteiger partial charge in [-0.05, 0) is 36.7 Å². The van der Waals surface area contributed by atoms with Gasteiger partial charge in [0, 0.05) is 69.5 Å². The molecule has 1 aliphatic rings. The Bertz CT molecular complexity index is 1440. The molecule has 0 unspecified atom stereocenters. The number of hydrogen-bond donors (Lipinski definition) is 1. The fraction of sp³-hybridized carbons (Fsp3) is 0.208. The standard InChI is InChI=1S/C24H20ClFN4S/c1-29-6-8-30(9-7-29)24-18(26)12-16-22-17(15-5-4-14(25)11-19(15)28-22)13-27-23(16)21(24)20-3-2-10-31-20/h2-5,10-13,28H,6-9H2,1H3. The molecule has 1 N–H and O–H groups in total. The van der Waals surface area contributed by atoms with Gasteiger partial charge >= 0.3 is 0 Å². The van der Waals surface area contributed by atoms with Crippen LogP contribution in [0.2, 0.25) is 5.02 Å². The van der Waals surface area contributed by atoms with Crippen LogP contribution in [0.1, 0.15) is 0 Å². The fourth-order valence-electron chi connectivity index (χ4n) is 4.61. The third kappa shape index (κ3) is 3.01. The highest BCUT2D eigenvalue weighted by Gasteiger charge is 2.25. The van der Waals surface area contributed by atoms with E-state index < -0.39 is 0 Å². The van der Waals surface area contributed by atoms with Crippen LogP contribution in [0.15, 0.2) is 48.0 Å². The van der Waals surface area contributed by atoms with Crippen LogP contribution in [0.5, 0.6) is 0 Å². The number of H-pyrrole nitrogens is 1. The molecule has 0 atom stereocenters. The summed E-state index contributed by atoms with van der Waals surface area (Å²) in [6.45, 7) is 3.42. The van der Waals surface area contributed by atoms with Crippen LogP contribution in [0.4, 0.5) is 10.1 Å². The Hall–Kier alpha value is -2.67. The van der Waals surface area contributed by atoms with Crippen LogP contribution in [0.3, 0.4) is 0 Å². The number of nitrogens with one attached hydrogen (secondary N) is 1. The minimum atomic E-state index is -0.202. The Morgan fingerprint density at radius 1 is 1.06 bits per heavy atom. The predicted molar refractivity (Wildman–Crippen MR) is 129 cm³/mol. The molecule has 7 heteroatoms. The summed E-state index contributed by atoms with van der Waals surface area (Å²) in [4.78, 5) is 13.8. The summed E-state index contributed by atoms with van der Waals surface area (Å²) in [5.74, 6) is -0.202. The van der Waals surface area contributed by atoms with E-state index >= 15 is 4.39 Å². The zero-order chi connectivity index (χ0) is 21.1. The van der Waals surface area contributed by atoms with E-state index in [2.05, 4.69) is 27.9 Å². The Kier molecular flexibility index (Phi) is 4.42. The van der Waals surface area contributed by atoms with E-state index in [9.17, 15) is 0 Å². The number of aromatic nitrogens is 2. The maximum absolute atomic E-state index is 15.8. The van der Waals surface area contributed by atoms with Crippen LogP contribution < -0.4 is 4.90 Å². The van der Waals surface area contributed by atoms with Gasteiger partial charge in [-0.1, -0.05) is 23.7 Å². The zero-order valence-corrected chi connectivity index (χ0v) is 18.5. The molecule has 31 heavy (non-hydrogen) atoms. The zero-order valence-electron chi connectivity index (χ0n) is 17.0. The van der Waals surface area contributed by atoms with Crippen LogP contribution in [0, 0.1) is 5.82 Å². The molecular formula is C24H20ClFN4S. The number of pyridine rings is 1. The first kappa shape index (κ1) is 19.0. The first-order valence-electron chi connectivity index (χ1n) is 10.3. The summed E-state index contributed by atoms with van der Waals surface area (Å²) in [5, 5.41) is 5.50. The van der Waals surface area contributed by atoms with Crippen molar-refractivity contribution in [2.75, 3.05) is 38.1 Å². The average Bonchev–Trinajstić information content (AvgIpc) is 3.41. The van der Waals surface area contributed by atoms with Gasteiger partial charge in [-0.15, -0.1) is 11.3 Å². The summed E-state index contributed by atoms with van der Waals surface area (Å²) in [6.07, 6.45) is 1.90. The van der Waals surface area contributed by atoms with Gasteiger partial charge < -0.3 is 14.8 Å². The number of aromatic amines is 1. The number of nitrogens with zero attached hydrogens (tertiary/aromatic N) is 3. The van der Waals surface area contributed by atoms with Crippen molar-refractivity contribution in [2.45, 2.75) is 0 Å².